The van der Waals surface area contributed by atoms with Crippen LogP contribution in [0.1, 0.15) is 22.3 Å². The first kappa shape index (κ1) is 59.6. The second-order valence-corrected chi connectivity index (χ2v) is 27.2. The maximum Gasteiger partial charge on any atom is 0.101 e. The molecule has 5 heterocycles. The molecular formula is C96H54N10. The van der Waals surface area contributed by atoms with Gasteiger partial charge < -0.3 is 27.7 Å². The Kier molecular flexibility index (Phi) is 13.0. The van der Waals surface area contributed by atoms with Crippen molar-refractivity contribution in [1.29, 1.82) is 21.0 Å². The second kappa shape index (κ2) is 23.2. The molecule has 5 aromatic heterocycles. The van der Waals surface area contributed by atoms with Gasteiger partial charge in [0.05, 0.1) is 100 Å². The van der Waals surface area contributed by atoms with Gasteiger partial charge >= 0.3 is 0 Å². The van der Waals surface area contributed by atoms with Crippen LogP contribution in [0.5, 0.6) is 0 Å². The number of aromatic nitrogens is 5. The van der Waals surface area contributed by atoms with Gasteiger partial charge in [-0.15, -0.1) is 0 Å². The lowest BCUT2D eigenvalue weighted by Crippen LogP contribution is -2.09. The molecule has 10 nitrogen and oxygen atoms in total. The molecule has 0 N–H and O–H groups in total. The Labute approximate surface area is 606 Å². The third-order valence-corrected chi connectivity index (χ3v) is 21.8. The standard InChI is InChI=1S/C96H54N10/c97-55-63-51-93(65(57-99)49-91(63)103-82-31-15-9-25-73(82)74-26-10-16-32-83(74)103)105-88-46-40-70(54-80(88)95-71-24-8-7-19-59(71)36-43-89(95)105)102-81-30-14-13-29-77(81)78-48-61(37-42-86(78)102)60-35-41-72-62(47-60)38-44-90-96(72)79-53-69(101(67-20-3-1-4-21-67)68-22-5-2-6-23-68)39-45-87(79)106(90)94-52-64(56-98)92(50-66(94)58-100)104-84-33-17-11-27-75(84)76-28-12-18-34-85(76)104/h1-54H. The highest BCUT2D eigenvalue weighted by Gasteiger charge is 2.27. The third-order valence-electron chi connectivity index (χ3n) is 21.8. The molecule has 0 aliphatic rings. The lowest BCUT2D eigenvalue weighted by atomic mass is 9.97. The molecule has 106 heavy (non-hydrogen) atoms. The molecule has 0 bridgehead atoms. The van der Waals surface area contributed by atoms with Crippen molar-refractivity contribution in [2.24, 2.45) is 0 Å². The van der Waals surface area contributed by atoms with E-state index in [1.165, 1.54) is 0 Å². The minimum Gasteiger partial charge on any atom is -0.310 e. The zero-order valence-electron chi connectivity index (χ0n) is 56.6. The third kappa shape index (κ3) is 8.68. The minimum absolute atomic E-state index is 0.433. The van der Waals surface area contributed by atoms with E-state index in [0.29, 0.717) is 45.0 Å². The maximum absolute atomic E-state index is 11.4. The summed E-state index contributed by atoms with van der Waals surface area (Å²) < 4.78 is 10.9. The largest absolute Gasteiger partial charge is 0.310 e. The fourth-order valence-corrected chi connectivity index (χ4v) is 17.2. The maximum atomic E-state index is 11.4. The lowest BCUT2D eigenvalue weighted by molar-refractivity contribution is 1.12. The van der Waals surface area contributed by atoms with E-state index in [0.717, 1.165) is 164 Å². The number of benzene rings is 16. The predicted molar refractivity (Wildman–Crippen MR) is 432 cm³/mol. The van der Waals surface area contributed by atoms with Gasteiger partial charge in [0.25, 0.3) is 0 Å². The van der Waals surface area contributed by atoms with Crippen LogP contribution in [0.4, 0.5) is 17.1 Å². The summed E-state index contributed by atoms with van der Waals surface area (Å²) in [7, 11) is 0. The Morgan fingerprint density at radius 3 is 1.04 bits per heavy atom. The number of hydrogen-bond acceptors (Lipinski definition) is 5. The molecule has 21 aromatic rings. The number of fused-ring (bicyclic) bond motifs is 19. The molecule has 21 rings (SSSR count). The Morgan fingerprint density at radius 2 is 0.547 bits per heavy atom. The van der Waals surface area contributed by atoms with Crippen LogP contribution in [0, 0.1) is 45.3 Å². The molecule has 0 saturated heterocycles. The lowest BCUT2D eigenvalue weighted by Gasteiger charge is -2.25. The van der Waals surface area contributed by atoms with Crippen molar-refractivity contribution in [3.8, 4) is 63.8 Å². The highest BCUT2D eigenvalue weighted by molar-refractivity contribution is 6.24. The van der Waals surface area contributed by atoms with Crippen LogP contribution >= 0.6 is 0 Å². The molecule has 16 aromatic carbocycles. The Balaban J connectivity index is 0.724. The second-order valence-electron chi connectivity index (χ2n) is 27.2. The summed E-state index contributed by atoms with van der Waals surface area (Å²) in [6, 6.07) is 124. The van der Waals surface area contributed by atoms with E-state index in [1.807, 2.05) is 84.9 Å². The monoisotopic (exact) mass is 1350 g/mol. The molecule has 0 amide bonds. The molecular weight excluding hydrogens is 1290 g/mol. The molecule has 0 aliphatic heterocycles. The van der Waals surface area contributed by atoms with Crippen LogP contribution in [-0.4, -0.2) is 22.8 Å². The van der Waals surface area contributed by atoms with Crippen LogP contribution in [0.2, 0.25) is 0 Å². The van der Waals surface area contributed by atoms with Gasteiger partial charge in [-0.05, 0) is 178 Å². The average Bonchev–Trinajstić information content (AvgIpc) is 1.56. The van der Waals surface area contributed by atoms with E-state index in [4.69, 9.17) is 0 Å². The quantitative estimate of drug-likeness (QED) is 0.142. The van der Waals surface area contributed by atoms with Gasteiger partial charge in [-0.1, -0.05) is 182 Å². The summed E-state index contributed by atoms with van der Waals surface area (Å²) in [5.41, 5.74) is 20.0. The molecule has 10 heteroatoms. The summed E-state index contributed by atoms with van der Waals surface area (Å²) in [5.74, 6) is 0. The summed E-state index contributed by atoms with van der Waals surface area (Å²) in [5, 5.41) is 59.9. The van der Waals surface area contributed by atoms with Crippen LogP contribution in [0.3, 0.4) is 0 Å². The first-order valence-electron chi connectivity index (χ1n) is 35.3. The number of hydrogen-bond donors (Lipinski definition) is 0. The predicted octanol–water partition coefficient (Wildman–Crippen LogP) is 24.1. The first-order chi connectivity index (χ1) is 52.4. The van der Waals surface area contributed by atoms with E-state index in [-0.39, 0.29) is 0 Å². The Hall–Kier alpha value is -15.2. The fourth-order valence-electron chi connectivity index (χ4n) is 17.2. The van der Waals surface area contributed by atoms with Crippen molar-refractivity contribution in [1.82, 2.24) is 22.8 Å². The smallest absolute Gasteiger partial charge is 0.101 e. The van der Waals surface area contributed by atoms with Crippen LogP contribution < -0.4 is 4.90 Å². The van der Waals surface area contributed by atoms with Crippen molar-refractivity contribution in [2.75, 3.05) is 4.90 Å². The molecule has 0 spiro atoms. The number of anilines is 3. The summed E-state index contributed by atoms with van der Waals surface area (Å²) in [4.78, 5) is 2.28. The van der Waals surface area contributed by atoms with Gasteiger partial charge in [0.1, 0.15) is 24.3 Å². The Morgan fingerprint density at radius 1 is 0.208 bits per heavy atom. The summed E-state index contributed by atoms with van der Waals surface area (Å²) >= 11 is 0. The fraction of sp³-hybridized carbons (Fsp3) is 0. The summed E-state index contributed by atoms with van der Waals surface area (Å²) in [6.07, 6.45) is 0. The number of nitrogens with zero attached hydrogens (tertiary/aromatic N) is 10. The van der Waals surface area contributed by atoms with Crippen LogP contribution in [-0.2, 0) is 0 Å². The van der Waals surface area contributed by atoms with Gasteiger partial charge in [0.15, 0.2) is 0 Å². The average molecular weight is 1350 g/mol. The minimum atomic E-state index is 0.433. The number of para-hydroxylation sites is 7. The van der Waals surface area contributed by atoms with Crippen LogP contribution in [0.15, 0.2) is 328 Å². The molecule has 0 radical (unpaired) electrons. The zero-order valence-corrected chi connectivity index (χ0v) is 56.6. The van der Waals surface area contributed by atoms with Gasteiger partial charge in [-0.25, -0.2) is 0 Å². The van der Waals surface area contributed by atoms with Crippen molar-refractivity contribution < 1.29 is 0 Å². The van der Waals surface area contributed by atoms with Crippen molar-refractivity contribution in [3.05, 3.63) is 350 Å². The van der Waals surface area contributed by atoms with E-state index in [9.17, 15) is 21.0 Å². The molecule has 488 valence electrons. The van der Waals surface area contributed by atoms with Crippen LogP contribution in [0.25, 0.3) is 170 Å². The van der Waals surface area contributed by atoms with Gasteiger partial charge in [0.2, 0.25) is 0 Å². The molecule has 0 fully saturated rings. The number of nitriles is 4. The van der Waals surface area contributed by atoms with Crippen molar-refractivity contribution in [2.45, 2.75) is 0 Å². The van der Waals surface area contributed by atoms with Crippen molar-refractivity contribution in [3.63, 3.8) is 0 Å². The van der Waals surface area contributed by atoms with Crippen molar-refractivity contribution >= 4 is 148 Å². The summed E-state index contributed by atoms with van der Waals surface area (Å²) in [6.45, 7) is 0. The highest BCUT2D eigenvalue weighted by atomic mass is 15.1. The van der Waals surface area contributed by atoms with E-state index in [2.05, 4.69) is 295 Å². The van der Waals surface area contributed by atoms with E-state index in [1.54, 1.807) is 0 Å². The highest BCUT2D eigenvalue weighted by Crippen LogP contribution is 2.47. The topological polar surface area (TPSA) is 123 Å². The van der Waals surface area contributed by atoms with Gasteiger partial charge in [-0.3, -0.25) is 0 Å². The number of rotatable bonds is 9. The van der Waals surface area contributed by atoms with E-state index >= 15 is 0 Å². The molecule has 0 saturated carbocycles. The van der Waals surface area contributed by atoms with Gasteiger partial charge in [0, 0.05) is 76.6 Å². The molecule has 0 unspecified atom stereocenters. The SMILES string of the molecule is N#Cc1cc(-n2c3ccc(N(c4ccccc4)c4ccccc4)cc3c3c4ccc(-c5ccc6c(c5)c5ccccc5n6-c5ccc6c(c5)c5c7ccccc7ccc5n6-c5cc(C#N)c(-n6c7ccccc7c7ccccc76)cc5C#N)cc4ccc32)c(C#N)cc1-n1c2ccccc2c2ccccc21. The Bertz CT molecular complexity index is 7430. The van der Waals surface area contributed by atoms with E-state index < -0.39 is 0 Å². The van der Waals surface area contributed by atoms with Gasteiger partial charge in [-0.2, -0.15) is 21.0 Å². The zero-order chi connectivity index (χ0) is 70.4. The molecule has 0 aliphatic carbocycles. The first-order valence-corrected chi connectivity index (χ1v) is 35.3. The normalized spacial score (nSPS) is 11.7. The molecule has 0 atom stereocenters.